The summed E-state index contributed by atoms with van der Waals surface area (Å²) >= 11 is 0. The first kappa shape index (κ1) is 18.3. The van der Waals surface area contributed by atoms with Crippen molar-refractivity contribution in [1.29, 1.82) is 0 Å². The molecule has 0 aromatic carbocycles. The first-order chi connectivity index (χ1) is 11.0. The van der Waals surface area contributed by atoms with E-state index in [1.165, 1.54) is 12.3 Å². The van der Waals surface area contributed by atoms with Gasteiger partial charge in [-0.25, -0.2) is 0 Å². The molecular formula is C15H20N4O4. The van der Waals surface area contributed by atoms with E-state index in [1.807, 2.05) is 6.92 Å². The molecule has 0 fully saturated rings. The average molecular weight is 320 g/mol. The highest BCUT2D eigenvalue weighted by Crippen LogP contribution is 2.12. The molecule has 1 atom stereocenters. The molecule has 0 aliphatic rings. The summed E-state index contributed by atoms with van der Waals surface area (Å²) in [6.45, 7) is 3.42. The summed E-state index contributed by atoms with van der Waals surface area (Å²) in [5.74, 6) is -0.371. The minimum Gasteiger partial charge on any atom is -0.411 e. The molecule has 8 nitrogen and oxygen atoms in total. The Morgan fingerprint density at radius 2 is 2.35 bits per heavy atom. The number of pyridine rings is 1. The van der Waals surface area contributed by atoms with Crippen LogP contribution in [0.15, 0.2) is 41.3 Å². The lowest BCUT2D eigenvalue weighted by Gasteiger charge is -2.10. The van der Waals surface area contributed by atoms with E-state index in [4.69, 9.17) is 5.21 Å². The van der Waals surface area contributed by atoms with Crippen LogP contribution in [0.2, 0.25) is 0 Å². The van der Waals surface area contributed by atoms with Gasteiger partial charge in [0.2, 0.25) is 6.04 Å². The third kappa shape index (κ3) is 5.85. The number of hydrogen-bond acceptors (Lipinski definition) is 6. The van der Waals surface area contributed by atoms with Gasteiger partial charge in [-0.15, -0.1) is 0 Å². The van der Waals surface area contributed by atoms with Crippen LogP contribution in [0.3, 0.4) is 0 Å². The molecule has 0 bridgehead atoms. The summed E-state index contributed by atoms with van der Waals surface area (Å²) in [7, 11) is 0. The number of amides is 1. The summed E-state index contributed by atoms with van der Waals surface area (Å²) in [5.41, 5.74) is 0.989. The van der Waals surface area contributed by atoms with Crippen molar-refractivity contribution in [2.45, 2.75) is 32.7 Å². The largest absolute Gasteiger partial charge is 0.411 e. The lowest BCUT2D eigenvalue weighted by molar-refractivity contribution is -0.512. The predicted octanol–water partition coefficient (Wildman–Crippen LogP) is 2.03. The Kier molecular flexibility index (Phi) is 7.38. The average Bonchev–Trinajstić information content (AvgIpc) is 2.56. The monoisotopic (exact) mass is 320 g/mol. The van der Waals surface area contributed by atoms with Crippen LogP contribution in [0, 0.1) is 10.1 Å². The van der Waals surface area contributed by atoms with Crippen LogP contribution in [0.4, 0.5) is 0 Å². The standard InChI is InChI=1S/C15H20N4O4/c1-3-5-14(19(22)23)11(2)8-13(18-21)10-17-15(20)12-6-4-7-16-9-12/h4,6-9,14,21H,3,5,10H2,1-2H3,(H,17,20)/b11-8+,18-13+. The van der Waals surface area contributed by atoms with Crippen LogP contribution in [0.5, 0.6) is 0 Å². The lowest BCUT2D eigenvalue weighted by atomic mass is 10.0. The van der Waals surface area contributed by atoms with Crippen LogP contribution in [0.1, 0.15) is 37.0 Å². The number of hydrogen-bond donors (Lipinski definition) is 2. The number of rotatable bonds is 8. The predicted molar refractivity (Wildman–Crippen MR) is 85.2 cm³/mol. The van der Waals surface area contributed by atoms with Gasteiger partial charge in [-0.1, -0.05) is 12.1 Å². The fourth-order valence-corrected chi connectivity index (χ4v) is 2.02. The van der Waals surface area contributed by atoms with Gasteiger partial charge in [0, 0.05) is 29.3 Å². The maximum atomic E-state index is 11.9. The Morgan fingerprint density at radius 1 is 1.61 bits per heavy atom. The normalized spacial score (nSPS) is 13.5. The maximum absolute atomic E-state index is 11.9. The number of nitro groups is 1. The zero-order valence-electron chi connectivity index (χ0n) is 13.1. The van der Waals surface area contributed by atoms with Gasteiger partial charge in [-0.2, -0.15) is 0 Å². The van der Waals surface area contributed by atoms with E-state index in [0.29, 0.717) is 24.0 Å². The quantitative estimate of drug-likeness (QED) is 0.329. The summed E-state index contributed by atoms with van der Waals surface area (Å²) in [4.78, 5) is 26.4. The smallest absolute Gasteiger partial charge is 0.253 e. The van der Waals surface area contributed by atoms with Crippen molar-refractivity contribution in [2.75, 3.05) is 6.54 Å². The molecule has 2 N–H and O–H groups in total. The molecule has 0 spiro atoms. The Morgan fingerprint density at radius 3 is 2.87 bits per heavy atom. The van der Waals surface area contributed by atoms with Crippen molar-refractivity contribution in [3.8, 4) is 0 Å². The highest BCUT2D eigenvalue weighted by atomic mass is 16.6. The van der Waals surface area contributed by atoms with Crippen molar-refractivity contribution in [3.63, 3.8) is 0 Å². The lowest BCUT2D eigenvalue weighted by Crippen LogP contribution is -2.29. The van der Waals surface area contributed by atoms with E-state index in [1.54, 1.807) is 25.3 Å². The SMILES string of the molecule is CCCC(/C(C)=C/C(CNC(=O)c1cccnc1)=N\O)[N+](=O)[O-]. The number of nitrogens with zero attached hydrogens (tertiary/aromatic N) is 3. The summed E-state index contributed by atoms with van der Waals surface area (Å²) in [6, 6.07) is 2.40. The van der Waals surface area contributed by atoms with E-state index in [9.17, 15) is 14.9 Å². The fourth-order valence-electron chi connectivity index (χ4n) is 2.02. The number of aromatic nitrogens is 1. The number of nitrogens with one attached hydrogen (secondary N) is 1. The zero-order chi connectivity index (χ0) is 17.2. The van der Waals surface area contributed by atoms with Crippen molar-refractivity contribution >= 4 is 11.6 Å². The van der Waals surface area contributed by atoms with E-state index < -0.39 is 6.04 Å². The molecule has 0 saturated carbocycles. The Balaban J connectivity index is 2.72. The molecule has 0 radical (unpaired) electrons. The molecule has 1 heterocycles. The zero-order valence-corrected chi connectivity index (χ0v) is 13.1. The summed E-state index contributed by atoms with van der Waals surface area (Å²) in [5, 5.41) is 25.7. The minimum atomic E-state index is -0.828. The van der Waals surface area contributed by atoms with Crippen LogP contribution >= 0.6 is 0 Å². The Bertz CT molecular complexity index is 599. The molecule has 1 amide bonds. The first-order valence-electron chi connectivity index (χ1n) is 7.20. The van der Waals surface area contributed by atoms with Crippen LogP contribution in [0.25, 0.3) is 0 Å². The van der Waals surface area contributed by atoms with Gasteiger partial charge >= 0.3 is 0 Å². The summed E-state index contributed by atoms with van der Waals surface area (Å²) < 4.78 is 0. The van der Waals surface area contributed by atoms with E-state index in [0.717, 1.165) is 0 Å². The van der Waals surface area contributed by atoms with Gasteiger partial charge in [-0.05, 0) is 31.6 Å². The molecule has 8 heteroatoms. The molecule has 1 rings (SSSR count). The topological polar surface area (TPSA) is 118 Å². The minimum absolute atomic E-state index is 0.0435. The second kappa shape index (κ2) is 9.29. The van der Waals surface area contributed by atoms with Crippen molar-refractivity contribution in [1.82, 2.24) is 10.3 Å². The van der Waals surface area contributed by atoms with Gasteiger partial charge in [0.1, 0.15) is 0 Å². The maximum Gasteiger partial charge on any atom is 0.253 e. The molecular weight excluding hydrogens is 300 g/mol. The van der Waals surface area contributed by atoms with E-state index >= 15 is 0 Å². The van der Waals surface area contributed by atoms with Gasteiger partial charge in [0.05, 0.1) is 17.8 Å². The van der Waals surface area contributed by atoms with Crippen LogP contribution in [-0.4, -0.2) is 39.3 Å². The van der Waals surface area contributed by atoms with Crippen LogP contribution in [-0.2, 0) is 0 Å². The molecule has 1 aromatic rings. The number of carbonyl (C=O) groups is 1. The third-order valence-electron chi connectivity index (χ3n) is 3.22. The van der Waals surface area contributed by atoms with Crippen molar-refractivity contribution < 1.29 is 14.9 Å². The molecule has 124 valence electrons. The molecule has 1 aromatic heterocycles. The third-order valence-corrected chi connectivity index (χ3v) is 3.22. The summed E-state index contributed by atoms with van der Waals surface area (Å²) in [6.07, 6.45) is 5.45. The van der Waals surface area contributed by atoms with Gasteiger partial charge < -0.3 is 10.5 Å². The van der Waals surface area contributed by atoms with Gasteiger partial charge in [-0.3, -0.25) is 19.9 Å². The molecule has 1 unspecified atom stereocenters. The van der Waals surface area contributed by atoms with E-state index in [-0.39, 0.29) is 23.1 Å². The second-order valence-electron chi connectivity index (χ2n) is 4.99. The highest BCUT2D eigenvalue weighted by Gasteiger charge is 2.21. The van der Waals surface area contributed by atoms with Gasteiger partial charge in [0.15, 0.2) is 0 Å². The Labute approximate surface area is 134 Å². The molecule has 0 aliphatic carbocycles. The first-order valence-corrected chi connectivity index (χ1v) is 7.20. The fraction of sp³-hybridized carbons (Fsp3) is 0.400. The van der Waals surface area contributed by atoms with Crippen LogP contribution < -0.4 is 5.32 Å². The molecule has 0 aliphatic heterocycles. The second-order valence-corrected chi connectivity index (χ2v) is 4.99. The molecule has 23 heavy (non-hydrogen) atoms. The number of carbonyl (C=O) groups excluding carboxylic acids is 1. The van der Waals surface area contributed by atoms with Crippen molar-refractivity contribution in [2.24, 2.45) is 5.16 Å². The van der Waals surface area contributed by atoms with Gasteiger partial charge in [0.25, 0.3) is 5.91 Å². The van der Waals surface area contributed by atoms with Crippen molar-refractivity contribution in [3.05, 3.63) is 51.9 Å². The van der Waals surface area contributed by atoms with E-state index in [2.05, 4.69) is 15.5 Å². The number of oxime groups is 1. The Hall–Kier alpha value is -2.77. The highest BCUT2D eigenvalue weighted by molar-refractivity contribution is 6.01. The molecule has 0 saturated heterocycles.